The summed E-state index contributed by atoms with van der Waals surface area (Å²) >= 11 is 1.77. The number of hydrogen-bond donors (Lipinski definition) is 1. The number of piperazine rings is 1. The maximum absolute atomic E-state index is 4.92. The van der Waals surface area contributed by atoms with Gasteiger partial charge in [0, 0.05) is 77.3 Å². The molecule has 0 spiro atoms. The molecule has 0 amide bonds. The number of nitrogens with one attached hydrogen (secondary N) is 1. The summed E-state index contributed by atoms with van der Waals surface area (Å²) in [5.74, 6) is 0.982. The first-order valence-corrected chi connectivity index (χ1v) is 11.0. The van der Waals surface area contributed by atoms with Crippen LogP contribution in [-0.4, -0.2) is 78.8 Å². The van der Waals surface area contributed by atoms with Gasteiger partial charge in [-0.3, -0.25) is 9.89 Å². The van der Waals surface area contributed by atoms with Crippen LogP contribution >= 0.6 is 11.3 Å². The van der Waals surface area contributed by atoms with Crippen LogP contribution < -0.4 is 10.2 Å². The highest BCUT2D eigenvalue weighted by Gasteiger charge is 2.20. The third-order valence-electron chi connectivity index (χ3n) is 5.34. The molecule has 8 nitrogen and oxygen atoms in total. The molecule has 28 heavy (non-hydrogen) atoms. The Hall–Kier alpha value is -2.13. The van der Waals surface area contributed by atoms with Crippen LogP contribution in [0.3, 0.4) is 0 Å². The van der Waals surface area contributed by atoms with Gasteiger partial charge in [-0.2, -0.15) is 0 Å². The number of anilines is 1. The summed E-state index contributed by atoms with van der Waals surface area (Å²) in [6, 6.07) is 1.93. The van der Waals surface area contributed by atoms with E-state index < -0.39 is 0 Å². The van der Waals surface area contributed by atoms with Crippen molar-refractivity contribution in [3.05, 3.63) is 29.1 Å². The zero-order valence-electron chi connectivity index (χ0n) is 16.5. The monoisotopic (exact) mass is 403 g/mol. The number of hydrogen-bond acceptors (Lipinski definition) is 7. The van der Waals surface area contributed by atoms with Crippen molar-refractivity contribution in [3.63, 3.8) is 0 Å². The average Bonchev–Trinajstić information content (AvgIpc) is 3.48. The third kappa shape index (κ3) is 4.82. The number of aromatic nitrogens is 2. The summed E-state index contributed by atoms with van der Waals surface area (Å²) in [6.07, 6.45) is 5.14. The summed E-state index contributed by atoms with van der Waals surface area (Å²) in [5.41, 5.74) is 2.17. The minimum atomic E-state index is 0.847. The Morgan fingerprint density at radius 3 is 2.71 bits per heavy atom. The fourth-order valence-electron chi connectivity index (χ4n) is 3.77. The largest absolute Gasteiger partial charge is 0.364 e. The van der Waals surface area contributed by atoms with E-state index in [0.717, 1.165) is 70.4 Å². The molecule has 2 aromatic heterocycles. The van der Waals surface area contributed by atoms with Crippen LogP contribution in [0.2, 0.25) is 0 Å². The van der Waals surface area contributed by atoms with Crippen LogP contribution in [0.15, 0.2) is 27.2 Å². The second kappa shape index (κ2) is 9.38. The summed E-state index contributed by atoms with van der Waals surface area (Å²) in [6.45, 7) is 7.94. The van der Waals surface area contributed by atoms with Crippen LogP contribution in [0.5, 0.6) is 0 Å². The molecule has 0 radical (unpaired) electrons. The summed E-state index contributed by atoms with van der Waals surface area (Å²) in [4.78, 5) is 16.4. The summed E-state index contributed by atoms with van der Waals surface area (Å²) < 4.78 is 4.92. The third-order valence-corrected chi connectivity index (χ3v) is 6.29. The van der Waals surface area contributed by atoms with E-state index in [1.54, 1.807) is 17.6 Å². The van der Waals surface area contributed by atoms with Crippen molar-refractivity contribution >= 4 is 22.4 Å². The molecule has 0 atom stereocenters. The second-order valence-corrected chi connectivity index (χ2v) is 8.13. The van der Waals surface area contributed by atoms with Gasteiger partial charge < -0.3 is 19.6 Å². The molecule has 4 heterocycles. The molecule has 0 aliphatic carbocycles. The molecule has 2 fully saturated rings. The van der Waals surface area contributed by atoms with Gasteiger partial charge >= 0.3 is 0 Å². The van der Waals surface area contributed by atoms with Crippen molar-refractivity contribution in [2.75, 3.05) is 57.8 Å². The lowest BCUT2D eigenvalue weighted by Gasteiger charge is -2.36. The first-order chi connectivity index (χ1) is 13.8. The second-order valence-electron chi connectivity index (χ2n) is 7.29. The van der Waals surface area contributed by atoms with Crippen molar-refractivity contribution in [1.29, 1.82) is 0 Å². The summed E-state index contributed by atoms with van der Waals surface area (Å²) in [7, 11) is 1.86. The fraction of sp³-hybridized carbons (Fsp3) is 0.632. The Balaban J connectivity index is 1.20. The average molecular weight is 404 g/mol. The molecule has 2 saturated heterocycles. The zero-order valence-corrected chi connectivity index (χ0v) is 17.3. The summed E-state index contributed by atoms with van der Waals surface area (Å²) in [5, 5.41) is 10.9. The van der Waals surface area contributed by atoms with Crippen molar-refractivity contribution in [2.24, 2.45) is 4.99 Å². The van der Waals surface area contributed by atoms with Gasteiger partial charge in [-0.1, -0.05) is 5.16 Å². The normalized spacial score (nSPS) is 18.8. The molecule has 2 aromatic rings. The van der Waals surface area contributed by atoms with Crippen LogP contribution in [-0.2, 0) is 13.0 Å². The van der Waals surface area contributed by atoms with E-state index >= 15 is 0 Å². The maximum atomic E-state index is 4.92. The molecule has 152 valence electrons. The molecule has 2 aliphatic heterocycles. The van der Waals surface area contributed by atoms with Gasteiger partial charge in [-0.15, -0.1) is 11.3 Å². The van der Waals surface area contributed by atoms with E-state index in [4.69, 9.17) is 9.51 Å². The molecule has 0 saturated carbocycles. The number of nitrogens with zero attached hydrogens (tertiary/aromatic N) is 6. The van der Waals surface area contributed by atoms with E-state index in [-0.39, 0.29) is 0 Å². The van der Waals surface area contributed by atoms with E-state index in [9.17, 15) is 0 Å². The number of rotatable bonds is 6. The van der Waals surface area contributed by atoms with Crippen molar-refractivity contribution in [1.82, 2.24) is 25.3 Å². The van der Waals surface area contributed by atoms with Gasteiger partial charge in [-0.25, -0.2) is 4.98 Å². The van der Waals surface area contributed by atoms with E-state index in [2.05, 4.69) is 35.5 Å². The van der Waals surface area contributed by atoms with E-state index in [1.165, 1.54) is 23.7 Å². The van der Waals surface area contributed by atoms with Crippen molar-refractivity contribution in [3.8, 4) is 0 Å². The highest BCUT2D eigenvalue weighted by molar-refractivity contribution is 7.13. The van der Waals surface area contributed by atoms with Crippen LogP contribution in [0.4, 0.5) is 5.13 Å². The number of guanidine groups is 1. The molecule has 0 aromatic carbocycles. The Kier molecular flexibility index (Phi) is 6.43. The Bertz CT molecular complexity index is 746. The molecule has 9 heteroatoms. The van der Waals surface area contributed by atoms with Gasteiger partial charge in [0.2, 0.25) is 0 Å². The molecule has 4 rings (SSSR count). The van der Waals surface area contributed by atoms with Gasteiger partial charge in [0.25, 0.3) is 0 Å². The topological polar surface area (TPSA) is 73.0 Å². The highest BCUT2D eigenvalue weighted by atomic mass is 32.1. The zero-order chi connectivity index (χ0) is 19.2. The van der Waals surface area contributed by atoms with Gasteiger partial charge in [-0.05, 0) is 12.8 Å². The lowest BCUT2D eigenvalue weighted by atomic mass is 10.3. The fourth-order valence-corrected chi connectivity index (χ4v) is 4.68. The smallest absolute Gasteiger partial charge is 0.193 e. The van der Waals surface area contributed by atoms with E-state index in [0.29, 0.717) is 0 Å². The van der Waals surface area contributed by atoms with Crippen LogP contribution in [0, 0.1) is 0 Å². The van der Waals surface area contributed by atoms with E-state index in [1.807, 2.05) is 13.1 Å². The quantitative estimate of drug-likeness (QED) is 0.581. The molecule has 2 aliphatic rings. The minimum absolute atomic E-state index is 0.847. The Morgan fingerprint density at radius 2 is 2.00 bits per heavy atom. The maximum Gasteiger partial charge on any atom is 0.193 e. The Labute approximate surface area is 170 Å². The lowest BCUT2D eigenvalue weighted by Crippen LogP contribution is -2.52. The standard InChI is InChI=1S/C19H29N7OS/c1-20-18(25-11-9-24(10-12-25)14-16-5-13-27-23-16)21-6-4-17-15-28-19(22-17)26-7-2-3-8-26/h5,13,15H,2-4,6-12,14H2,1H3,(H,20,21). The highest BCUT2D eigenvalue weighted by Crippen LogP contribution is 2.24. The SMILES string of the molecule is CN=C(NCCc1csc(N2CCCC2)n1)N1CCN(Cc2ccon2)CC1. The van der Waals surface area contributed by atoms with Crippen LogP contribution in [0.1, 0.15) is 24.2 Å². The van der Waals surface area contributed by atoms with Gasteiger partial charge in [0.1, 0.15) is 6.26 Å². The Morgan fingerprint density at radius 1 is 1.18 bits per heavy atom. The lowest BCUT2D eigenvalue weighted by molar-refractivity contribution is 0.169. The molecular weight excluding hydrogens is 374 g/mol. The first-order valence-electron chi connectivity index (χ1n) is 10.1. The molecule has 1 N–H and O–H groups in total. The molecule has 0 unspecified atom stereocenters. The van der Waals surface area contributed by atoms with Crippen LogP contribution in [0.25, 0.3) is 0 Å². The predicted octanol–water partition coefficient (Wildman–Crippen LogP) is 1.67. The van der Waals surface area contributed by atoms with Gasteiger partial charge in [0.15, 0.2) is 11.1 Å². The number of thiazole rings is 1. The van der Waals surface area contributed by atoms with Gasteiger partial charge in [0.05, 0.1) is 11.4 Å². The first kappa shape index (κ1) is 19.2. The molecule has 0 bridgehead atoms. The minimum Gasteiger partial charge on any atom is -0.364 e. The van der Waals surface area contributed by atoms with Crippen molar-refractivity contribution in [2.45, 2.75) is 25.8 Å². The molecular formula is C19H29N7OS. The number of aliphatic imine (C=N–C) groups is 1. The predicted molar refractivity (Wildman–Crippen MR) is 112 cm³/mol. The van der Waals surface area contributed by atoms with Crippen molar-refractivity contribution < 1.29 is 4.52 Å².